The number of urea groups is 1. The van der Waals surface area contributed by atoms with Gasteiger partial charge in [0.25, 0.3) is 0 Å². The molecule has 1 aromatic heterocycles. The second kappa shape index (κ2) is 7.97. The summed E-state index contributed by atoms with van der Waals surface area (Å²) in [4.78, 5) is 22.1. The number of aromatic nitrogens is 1. The zero-order valence-corrected chi connectivity index (χ0v) is 18.2. The van der Waals surface area contributed by atoms with E-state index in [1.807, 2.05) is 41.3 Å². The largest absolute Gasteiger partial charge is 0.353 e. The van der Waals surface area contributed by atoms with Crippen LogP contribution in [0.2, 0.25) is 0 Å². The van der Waals surface area contributed by atoms with Crippen molar-refractivity contribution >= 4 is 34.0 Å². The third-order valence-electron chi connectivity index (χ3n) is 7.28. The van der Waals surface area contributed by atoms with Crippen LogP contribution in [0.5, 0.6) is 0 Å². The van der Waals surface area contributed by atoms with Crippen LogP contribution < -0.4 is 10.2 Å². The van der Waals surface area contributed by atoms with Crippen molar-refractivity contribution in [3.8, 4) is 0 Å². The molecule has 162 valence electrons. The number of fused-ring (bicyclic) bond motifs is 4. The molecule has 5 nitrogen and oxygen atoms in total. The Morgan fingerprint density at radius 1 is 0.969 bits per heavy atom. The maximum absolute atomic E-state index is 12.8. The first kappa shape index (κ1) is 19.4. The predicted molar refractivity (Wildman–Crippen MR) is 130 cm³/mol. The minimum Gasteiger partial charge on any atom is -0.353 e. The summed E-state index contributed by atoms with van der Waals surface area (Å²) in [5, 5.41) is 4.12. The first-order valence-electron chi connectivity index (χ1n) is 11.7. The molecule has 5 heteroatoms. The Bertz CT molecular complexity index is 1180. The van der Waals surface area contributed by atoms with Gasteiger partial charge in [-0.05, 0) is 73.1 Å². The number of nitrogens with zero attached hydrogens (tertiary/aromatic N) is 3. The van der Waals surface area contributed by atoms with Gasteiger partial charge in [0.15, 0.2) is 0 Å². The summed E-state index contributed by atoms with van der Waals surface area (Å²) in [5.74, 6) is 1.93. The van der Waals surface area contributed by atoms with Crippen LogP contribution in [0.3, 0.4) is 0 Å². The third-order valence-corrected chi connectivity index (χ3v) is 7.28. The van der Waals surface area contributed by atoms with E-state index in [9.17, 15) is 4.79 Å². The van der Waals surface area contributed by atoms with Gasteiger partial charge in [0.2, 0.25) is 0 Å². The van der Waals surface area contributed by atoms with Crippen LogP contribution in [-0.4, -0.2) is 41.6 Å². The summed E-state index contributed by atoms with van der Waals surface area (Å²) >= 11 is 0. The number of anilines is 2. The smallest absolute Gasteiger partial charge is 0.322 e. The fourth-order valence-corrected chi connectivity index (χ4v) is 5.47. The highest BCUT2D eigenvalue weighted by Crippen LogP contribution is 2.37. The molecule has 32 heavy (non-hydrogen) atoms. The highest BCUT2D eigenvalue weighted by Gasteiger charge is 2.34. The summed E-state index contributed by atoms with van der Waals surface area (Å²) in [6.07, 6.45) is 7.47. The Morgan fingerprint density at radius 3 is 2.59 bits per heavy atom. The minimum atomic E-state index is -0.0690. The molecule has 3 aromatic rings. The molecule has 3 aliphatic heterocycles. The fraction of sp³-hybridized carbons (Fsp3) is 0.333. The van der Waals surface area contributed by atoms with Crippen LogP contribution >= 0.6 is 0 Å². The maximum atomic E-state index is 12.8. The van der Waals surface area contributed by atoms with E-state index < -0.39 is 0 Å². The normalized spacial score (nSPS) is 22.3. The van der Waals surface area contributed by atoms with Gasteiger partial charge in [0.1, 0.15) is 5.82 Å². The molecule has 0 unspecified atom stereocenters. The molecular formula is C27H28N4O. The zero-order valence-electron chi connectivity index (χ0n) is 18.2. The summed E-state index contributed by atoms with van der Waals surface area (Å²) in [5.41, 5.74) is 4.16. The molecule has 4 aliphatic rings. The molecule has 0 spiro atoms. The van der Waals surface area contributed by atoms with Crippen molar-refractivity contribution in [3.05, 3.63) is 72.3 Å². The van der Waals surface area contributed by atoms with Crippen LogP contribution in [0.15, 0.2) is 66.7 Å². The number of benzene rings is 2. The molecule has 1 saturated carbocycles. The van der Waals surface area contributed by atoms with Gasteiger partial charge in [-0.3, -0.25) is 0 Å². The Hall–Kier alpha value is -3.34. The molecule has 4 heterocycles. The number of rotatable bonds is 3. The van der Waals surface area contributed by atoms with Crippen molar-refractivity contribution in [2.45, 2.75) is 31.7 Å². The van der Waals surface area contributed by atoms with E-state index in [-0.39, 0.29) is 6.03 Å². The summed E-state index contributed by atoms with van der Waals surface area (Å²) in [6.45, 7) is 2.41. The molecule has 3 fully saturated rings. The molecule has 0 atom stereocenters. The first-order valence-corrected chi connectivity index (χ1v) is 11.7. The van der Waals surface area contributed by atoms with E-state index in [0.717, 1.165) is 34.9 Å². The fourth-order valence-electron chi connectivity index (χ4n) is 5.47. The van der Waals surface area contributed by atoms with Gasteiger partial charge < -0.3 is 15.1 Å². The van der Waals surface area contributed by atoms with Crippen molar-refractivity contribution in [2.75, 3.05) is 29.9 Å². The number of carbonyl (C=O) groups excluding carboxylic acids is 1. The van der Waals surface area contributed by atoms with Gasteiger partial charge >= 0.3 is 6.03 Å². The SMILES string of the molecule is O=C(Nc1ccc2nc(N3CC4CCC3CC4)ccc2c1)N1CC=C(c2ccccc2)C1. The van der Waals surface area contributed by atoms with Crippen LogP contribution in [0, 0.1) is 5.92 Å². The predicted octanol–water partition coefficient (Wildman–Crippen LogP) is 5.54. The molecule has 2 bridgehead atoms. The summed E-state index contributed by atoms with van der Waals surface area (Å²) in [6, 6.07) is 21.1. The number of piperidine rings is 2. The van der Waals surface area contributed by atoms with E-state index in [4.69, 9.17) is 4.98 Å². The number of hydrogen-bond donors (Lipinski definition) is 1. The van der Waals surface area contributed by atoms with Crippen LogP contribution in [-0.2, 0) is 0 Å². The average Bonchev–Trinajstić information content (AvgIpc) is 3.36. The quantitative estimate of drug-likeness (QED) is 0.600. The highest BCUT2D eigenvalue weighted by molar-refractivity contribution is 5.94. The second-order valence-electron chi connectivity index (χ2n) is 9.31. The van der Waals surface area contributed by atoms with Gasteiger partial charge in [-0.25, -0.2) is 9.78 Å². The maximum Gasteiger partial charge on any atom is 0.322 e. The highest BCUT2D eigenvalue weighted by atomic mass is 16.2. The molecule has 1 aliphatic carbocycles. The van der Waals surface area contributed by atoms with Gasteiger partial charge in [-0.15, -0.1) is 0 Å². The van der Waals surface area contributed by atoms with E-state index in [0.29, 0.717) is 19.1 Å². The van der Waals surface area contributed by atoms with E-state index >= 15 is 0 Å². The van der Waals surface area contributed by atoms with Crippen molar-refractivity contribution in [2.24, 2.45) is 5.92 Å². The lowest BCUT2D eigenvalue weighted by molar-refractivity contribution is 0.225. The first-order chi connectivity index (χ1) is 15.7. The Kier molecular flexibility index (Phi) is 4.82. The zero-order chi connectivity index (χ0) is 21.5. The van der Waals surface area contributed by atoms with E-state index in [2.05, 4.69) is 40.6 Å². The van der Waals surface area contributed by atoms with Gasteiger partial charge in [0.05, 0.1) is 5.52 Å². The standard InChI is InChI=1S/C27H28N4O/c32-27(30-15-14-22(18-30)20-4-2-1-3-5-20)28-23-9-12-25-21(16-23)8-13-26(29-25)31-17-19-6-10-24(31)11-7-19/h1-5,8-9,12-14,16,19,24H,6-7,10-11,15,17-18H2,(H,28,32). The number of pyridine rings is 1. The number of hydrogen-bond acceptors (Lipinski definition) is 3. The number of nitrogens with one attached hydrogen (secondary N) is 1. The van der Waals surface area contributed by atoms with Crippen molar-refractivity contribution in [1.82, 2.24) is 9.88 Å². The second-order valence-corrected chi connectivity index (χ2v) is 9.31. The third kappa shape index (κ3) is 3.62. The lowest BCUT2D eigenvalue weighted by Gasteiger charge is -2.46. The molecule has 2 amide bonds. The lowest BCUT2D eigenvalue weighted by Crippen LogP contribution is -2.48. The molecule has 1 N–H and O–H groups in total. The monoisotopic (exact) mass is 424 g/mol. The molecular weight excluding hydrogens is 396 g/mol. The van der Waals surface area contributed by atoms with E-state index in [1.165, 1.54) is 36.8 Å². The summed E-state index contributed by atoms with van der Waals surface area (Å²) < 4.78 is 0. The summed E-state index contributed by atoms with van der Waals surface area (Å²) in [7, 11) is 0. The van der Waals surface area contributed by atoms with Crippen LogP contribution in [0.4, 0.5) is 16.3 Å². The van der Waals surface area contributed by atoms with Gasteiger partial charge in [-0.1, -0.05) is 36.4 Å². The molecule has 2 saturated heterocycles. The Labute approximate surface area is 188 Å². The minimum absolute atomic E-state index is 0.0690. The van der Waals surface area contributed by atoms with Crippen molar-refractivity contribution in [3.63, 3.8) is 0 Å². The van der Waals surface area contributed by atoms with Crippen molar-refractivity contribution in [1.29, 1.82) is 0 Å². The van der Waals surface area contributed by atoms with Gasteiger partial charge in [0, 0.05) is 36.7 Å². The Morgan fingerprint density at radius 2 is 1.81 bits per heavy atom. The topological polar surface area (TPSA) is 48.5 Å². The van der Waals surface area contributed by atoms with Gasteiger partial charge in [-0.2, -0.15) is 0 Å². The number of carbonyl (C=O) groups is 1. The van der Waals surface area contributed by atoms with Crippen LogP contribution in [0.25, 0.3) is 16.5 Å². The molecule has 0 radical (unpaired) electrons. The Balaban J connectivity index is 1.14. The van der Waals surface area contributed by atoms with Crippen molar-refractivity contribution < 1.29 is 4.79 Å². The van der Waals surface area contributed by atoms with E-state index in [1.54, 1.807) is 0 Å². The lowest BCUT2D eigenvalue weighted by atomic mass is 9.80. The number of amides is 2. The van der Waals surface area contributed by atoms with Crippen LogP contribution in [0.1, 0.15) is 31.2 Å². The average molecular weight is 425 g/mol. The molecule has 7 rings (SSSR count). The molecule has 2 aromatic carbocycles.